The molecule has 0 saturated heterocycles. The number of nitrogens with zero attached hydrogens (tertiary/aromatic N) is 2. The average molecular weight is 283 g/mol. The van der Waals surface area contributed by atoms with E-state index >= 15 is 0 Å². The van der Waals surface area contributed by atoms with Gasteiger partial charge in [-0.2, -0.15) is 0 Å². The summed E-state index contributed by atoms with van der Waals surface area (Å²) in [7, 11) is 4.30. The Balaban J connectivity index is 1.92. The minimum absolute atomic E-state index is 0.527. The summed E-state index contributed by atoms with van der Waals surface area (Å²) < 4.78 is 0. The molecule has 0 bridgehead atoms. The Labute approximate surface area is 122 Å². The first kappa shape index (κ1) is 15.2. The van der Waals surface area contributed by atoms with E-state index in [-0.39, 0.29) is 0 Å². The lowest BCUT2D eigenvalue weighted by molar-refractivity contribution is 0.328. The largest absolute Gasteiger partial charge is 0.361 e. The Hall–Kier alpha value is -0.220. The first-order chi connectivity index (χ1) is 9.04. The van der Waals surface area contributed by atoms with Crippen LogP contribution in [0.5, 0.6) is 0 Å². The van der Waals surface area contributed by atoms with Crippen LogP contribution in [-0.4, -0.2) is 48.5 Å². The smallest absolute Gasteiger partial charge is 0.157 e. The van der Waals surface area contributed by atoms with Crippen molar-refractivity contribution in [1.29, 1.82) is 0 Å². The van der Waals surface area contributed by atoms with Crippen molar-refractivity contribution in [3.63, 3.8) is 0 Å². The molecule has 1 N–H and O–H groups in total. The summed E-state index contributed by atoms with van der Waals surface area (Å²) in [5.41, 5.74) is 0. The van der Waals surface area contributed by atoms with Crippen molar-refractivity contribution >= 4 is 16.9 Å². The van der Waals surface area contributed by atoms with Gasteiger partial charge in [-0.1, -0.05) is 32.0 Å². The molecule has 19 heavy (non-hydrogen) atoms. The number of nitrogens with one attached hydrogen (secondary N) is 1. The highest BCUT2D eigenvalue weighted by molar-refractivity contribution is 8.13. The number of aliphatic imine (C=N–C) groups is 1. The van der Waals surface area contributed by atoms with Gasteiger partial charge in [-0.15, -0.1) is 0 Å². The molecule has 2 rings (SSSR count). The number of fused-ring (bicyclic) bond motifs is 1. The lowest BCUT2D eigenvalue weighted by atomic mass is 10.0. The second-order valence-corrected chi connectivity index (χ2v) is 7.75. The Morgan fingerprint density at radius 2 is 2.16 bits per heavy atom. The molecule has 3 atom stereocenters. The van der Waals surface area contributed by atoms with Gasteiger partial charge in [-0.25, -0.2) is 0 Å². The summed E-state index contributed by atoms with van der Waals surface area (Å²) >= 11 is 1.94. The summed E-state index contributed by atoms with van der Waals surface area (Å²) in [6, 6.07) is 1.14. The zero-order valence-electron chi connectivity index (χ0n) is 12.9. The van der Waals surface area contributed by atoms with Gasteiger partial charge in [0.2, 0.25) is 0 Å². The van der Waals surface area contributed by atoms with Crippen molar-refractivity contribution in [2.45, 2.75) is 51.6 Å². The fourth-order valence-electron chi connectivity index (χ4n) is 3.20. The van der Waals surface area contributed by atoms with E-state index in [1.165, 1.54) is 36.6 Å². The van der Waals surface area contributed by atoms with Gasteiger partial charge in [-0.3, -0.25) is 4.99 Å². The molecule has 1 aliphatic heterocycles. The number of hydrogen-bond donors (Lipinski definition) is 1. The maximum atomic E-state index is 4.95. The van der Waals surface area contributed by atoms with E-state index in [0.717, 1.165) is 18.4 Å². The summed E-state index contributed by atoms with van der Waals surface area (Å²) in [5.74, 6) is 2.85. The summed E-state index contributed by atoms with van der Waals surface area (Å²) in [4.78, 5) is 7.22. The predicted molar refractivity (Wildman–Crippen MR) is 86.0 cm³/mol. The highest BCUT2D eigenvalue weighted by Crippen LogP contribution is 2.35. The van der Waals surface area contributed by atoms with E-state index in [1.54, 1.807) is 0 Å². The van der Waals surface area contributed by atoms with Gasteiger partial charge in [0.15, 0.2) is 5.17 Å². The molecule has 0 aromatic heterocycles. The van der Waals surface area contributed by atoms with Gasteiger partial charge in [0, 0.05) is 18.3 Å². The van der Waals surface area contributed by atoms with Crippen LogP contribution in [0.2, 0.25) is 0 Å². The highest BCUT2D eigenvalue weighted by Gasteiger charge is 2.31. The van der Waals surface area contributed by atoms with E-state index in [1.807, 2.05) is 11.8 Å². The molecular formula is C15H29N3S. The lowest BCUT2D eigenvalue weighted by Crippen LogP contribution is -2.43. The monoisotopic (exact) mass is 283 g/mol. The molecule has 1 heterocycles. The van der Waals surface area contributed by atoms with E-state index in [0.29, 0.717) is 12.1 Å². The second kappa shape index (κ2) is 6.98. The number of hydrogen-bond acceptors (Lipinski definition) is 4. The molecule has 0 amide bonds. The van der Waals surface area contributed by atoms with Crippen LogP contribution < -0.4 is 5.32 Å². The molecule has 0 aromatic carbocycles. The molecule has 4 heteroatoms. The Morgan fingerprint density at radius 1 is 1.37 bits per heavy atom. The zero-order chi connectivity index (χ0) is 13.8. The maximum absolute atomic E-state index is 4.95. The van der Waals surface area contributed by atoms with Crippen LogP contribution in [-0.2, 0) is 0 Å². The molecule has 1 fully saturated rings. The Bertz CT molecular complexity index is 305. The van der Waals surface area contributed by atoms with E-state index in [2.05, 4.69) is 38.2 Å². The fourth-order valence-corrected chi connectivity index (χ4v) is 4.42. The van der Waals surface area contributed by atoms with Gasteiger partial charge < -0.3 is 10.2 Å². The standard InChI is InChI=1S/C15H29N3S/c1-11(2)8-13(9-18(3)4)16-15-17-14-7-5-6-12(14)10-19-15/h11-14H,5-10H2,1-4H3,(H,16,17). The fraction of sp³-hybridized carbons (Fsp3) is 0.933. The van der Waals surface area contributed by atoms with Gasteiger partial charge in [0.25, 0.3) is 0 Å². The number of likely N-dealkylation sites (N-methyl/N-ethyl adjacent to an activating group) is 1. The second-order valence-electron chi connectivity index (χ2n) is 6.74. The number of amidine groups is 1. The summed E-state index contributed by atoms with van der Waals surface area (Å²) in [6.45, 7) is 5.69. The van der Waals surface area contributed by atoms with Gasteiger partial charge in [0.05, 0.1) is 6.04 Å². The van der Waals surface area contributed by atoms with Crippen LogP contribution in [0, 0.1) is 11.8 Å². The molecule has 0 aromatic rings. The van der Waals surface area contributed by atoms with Gasteiger partial charge in [0.1, 0.15) is 0 Å². The minimum Gasteiger partial charge on any atom is -0.361 e. The first-order valence-corrected chi connectivity index (χ1v) is 8.65. The number of thioether (sulfide) groups is 1. The van der Waals surface area contributed by atoms with E-state index in [4.69, 9.17) is 4.99 Å². The van der Waals surface area contributed by atoms with Crippen molar-refractivity contribution in [2.75, 3.05) is 26.4 Å². The van der Waals surface area contributed by atoms with Crippen LogP contribution >= 0.6 is 11.8 Å². The zero-order valence-corrected chi connectivity index (χ0v) is 13.7. The first-order valence-electron chi connectivity index (χ1n) is 7.66. The number of rotatable bonds is 5. The van der Waals surface area contributed by atoms with Crippen molar-refractivity contribution in [2.24, 2.45) is 16.8 Å². The van der Waals surface area contributed by atoms with Crippen molar-refractivity contribution in [3.05, 3.63) is 0 Å². The van der Waals surface area contributed by atoms with Crippen LogP contribution in [0.25, 0.3) is 0 Å². The molecule has 0 spiro atoms. The molecule has 110 valence electrons. The topological polar surface area (TPSA) is 27.6 Å². The third-order valence-electron chi connectivity index (χ3n) is 4.01. The third-order valence-corrected chi connectivity index (χ3v) is 5.10. The van der Waals surface area contributed by atoms with Crippen LogP contribution in [0.4, 0.5) is 0 Å². The third kappa shape index (κ3) is 4.67. The normalized spacial score (nSPS) is 28.4. The van der Waals surface area contributed by atoms with E-state index in [9.17, 15) is 0 Å². The van der Waals surface area contributed by atoms with E-state index < -0.39 is 0 Å². The molecule has 0 radical (unpaired) electrons. The molecule has 1 aliphatic carbocycles. The van der Waals surface area contributed by atoms with Crippen molar-refractivity contribution in [3.8, 4) is 0 Å². The van der Waals surface area contributed by atoms with Crippen molar-refractivity contribution < 1.29 is 0 Å². The predicted octanol–water partition coefficient (Wildman–Crippen LogP) is 2.82. The van der Waals surface area contributed by atoms with Crippen molar-refractivity contribution in [1.82, 2.24) is 10.2 Å². The van der Waals surface area contributed by atoms with Gasteiger partial charge >= 0.3 is 0 Å². The molecule has 3 nitrogen and oxygen atoms in total. The lowest BCUT2D eigenvalue weighted by Gasteiger charge is -2.29. The minimum atomic E-state index is 0.527. The molecule has 1 saturated carbocycles. The quantitative estimate of drug-likeness (QED) is 0.841. The molecule has 2 aliphatic rings. The van der Waals surface area contributed by atoms with Gasteiger partial charge in [-0.05, 0) is 45.2 Å². The summed E-state index contributed by atoms with van der Waals surface area (Å²) in [6.07, 6.45) is 5.28. The van der Waals surface area contributed by atoms with Crippen LogP contribution in [0.3, 0.4) is 0 Å². The molecule has 3 unspecified atom stereocenters. The van der Waals surface area contributed by atoms with Crippen LogP contribution in [0.15, 0.2) is 4.99 Å². The average Bonchev–Trinajstić information content (AvgIpc) is 2.74. The highest BCUT2D eigenvalue weighted by atomic mass is 32.2. The SMILES string of the molecule is CC(C)CC(CN(C)C)NC1=NC2CCCC2CS1. The van der Waals surface area contributed by atoms with Crippen LogP contribution in [0.1, 0.15) is 39.5 Å². The Morgan fingerprint density at radius 3 is 2.84 bits per heavy atom. The molecular weight excluding hydrogens is 254 g/mol. The Kier molecular flexibility index (Phi) is 5.58. The maximum Gasteiger partial charge on any atom is 0.157 e. The summed E-state index contributed by atoms with van der Waals surface area (Å²) in [5, 5.41) is 4.91.